The van der Waals surface area contributed by atoms with Crippen LogP contribution >= 0.6 is 15.9 Å². The molecule has 0 unspecified atom stereocenters. The molecule has 0 bridgehead atoms. The summed E-state index contributed by atoms with van der Waals surface area (Å²) in [4.78, 5) is 3.86. The van der Waals surface area contributed by atoms with E-state index >= 15 is 0 Å². The monoisotopic (exact) mass is 305 g/mol. The van der Waals surface area contributed by atoms with Crippen molar-refractivity contribution in [2.24, 2.45) is 0 Å². The summed E-state index contributed by atoms with van der Waals surface area (Å²) >= 11 is 3.09. The summed E-state index contributed by atoms with van der Waals surface area (Å²) in [7, 11) is 0. The zero-order valence-corrected chi connectivity index (χ0v) is 10.0. The minimum atomic E-state index is -4.30. The lowest BCUT2D eigenvalue weighted by Gasteiger charge is -2.07. The first-order chi connectivity index (χ1) is 7.95. The Bertz CT molecular complexity index is 504. The average Bonchev–Trinajstić information content (AvgIpc) is 2.63. The van der Waals surface area contributed by atoms with Crippen LogP contribution in [0.5, 0.6) is 0 Å². The molecule has 0 aliphatic heterocycles. The van der Waals surface area contributed by atoms with E-state index in [-0.39, 0.29) is 0 Å². The maximum atomic E-state index is 12.3. The number of benzene rings is 1. The van der Waals surface area contributed by atoms with Crippen molar-refractivity contribution in [2.75, 3.05) is 0 Å². The molecule has 0 radical (unpaired) electrons. The van der Waals surface area contributed by atoms with Gasteiger partial charge in [-0.15, -0.1) is 5.10 Å². The maximum Gasteiger partial charge on any atom is 0.416 e. The summed E-state index contributed by atoms with van der Waals surface area (Å²) in [5.41, 5.74) is 0.0800. The normalized spacial score (nSPS) is 11.8. The van der Waals surface area contributed by atoms with Crippen molar-refractivity contribution in [3.63, 3.8) is 0 Å². The Morgan fingerprint density at radius 2 is 1.82 bits per heavy atom. The molecule has 1 aromatic carbocycles. The first-order valence-corrected chi connectivity index (χ1v) is 5.45. The molecule has 1 heterocycles. The van der Waals surface area contributed by atoms with Crippen LogP contribution in [0.25, 0.3) is 0 Å². The Morgan fingerprint density at radius 1 is 1.18 bits per heavy atom. The molecular formula is C10H7BrF3N3. The number of hydrogen-bond acceptors (Lipinski definition) is 2. The minimum Gasteiger partial charge on any atom is -0.247 e. The van der Waals surface area contributed by atoms with Gasteiger partial charge >= 0.3 is 6.18 Å². The van der Waals surface area contributed by atoms with Crippen molar-refractivity contribution >= 4 is 15.9 Å². The fourth-order valence-corrected chi connectivity index (χ4v) is 1.63. The zero-order chi connectivity index (χ0) is 12.5. The van der Waals surface area contributed by atoms with Gasteiger partial charge in [0.25, 0.3) is 0 Å². The minimum absolute atomic E-state index is 0.386. The molecule has 7 heteroatoms. The van der Waals surface area contributed by atoms with Crippen LogP contribution in [-0.2, 0) is 12.7 Å². The van der Waals surface area contributed by atoms with E-state index in [4.69, 9.17) is 0 Å². The number of hydrogen-bond donors (Lipinski definition) is 0. The van der Waals surface area contributed by atoms with E-state index in [1.165, 1.54) is 23.1 Å². The topological polar surface area (TPSA) is 30.7 Å². The van der Waals surface area contributed by atoms with Gasteiger partial charge < -0.3 is 0 Å². The van der Waals surface area contributed by atoms with Gasteiger partial charge in [-0.3, -0.25) is 0 Å². The van der Waals surface area contributed by atoms with Gasteiger partial charge in [0.05, 0.1) is 12.1 Å². The van der Waals surface area contributed by atoms with Crippen LogP contribution in [0.3, 0.4) is 0 Å². The second-order valence-electron chi connectivity index (χ2n) is 3.41. The quantitative estimate of drug-likeness (QED) is 0.853. The van der Waals surface area contributed by atoms with Gasteiger partial charge in [-0.2, -0.15) is 13.2 Å². The van der Waals surface area contributed by atoms with E-state index in [1.807, 2.05) is 0 Å². The molecule has 0 amide bonds. The van der Waals surface area contributed by atoms with Gasteiger partial charge in [0, 0.05) is 0 Å². The molecule has 0 saturated carbocycles. The number of rotatable bonds is 2. The SMILES string of the molecule is FC(F)(F)c1ccc(Cn2cnc(Br)n2)cc1. The molecule has 0 N–H and O–H groups in total. The molecule has 90 valence electrons. The van der Waals surface area contributed by atoms with Crippen molar-refractivity contribution in [2.45, 2.75) is 12.7 Å². The highest BCUT2D eigenvalue weighted by atomic mass is 79.9. The fraction of sp³-hybridized carbons (Fsp3) is 0.200. The predicted molar refractivity (Wildman–Crippen MR) is 58.3 cm³/mol. The molecule has 0 atom stereocenters. The summed E-state index contributed by atoms with van der Waals surface area (Å²) in [6.07, 6.45) is -2.80. The maximum absolute atomic E-state index is 12.3. The molecule has 17 heavy (non-hydrogen) atoms. The van der Waals surface area contributed by atoms with Crippen LogP contribution in [0.2, 0.25) is 0 Å². The lowest BCUT2D eigenvalue weighted by molar-refractivity contribution is -0.137. The summed E-state index contributed by atoms with van der Waals surface area (Å²) < 4.78 is 38.9. The van der Waals surface area contributed by atoms with Crippen molar-refractivity contribution in [3.05, 3.63) is 46.5 Å². The van der Waals surface area contributed by atoms with E-state index in [2.05, 4.69) is 26.0 Å². The van der Waals surface area contributed by atoms with Crippen molar-refractivity contribution < 1.29 is 13.2 Å². The number of halogens is 4. The van der Waals surface area contributed by atoms with Crippen LogP contribution in [0.15, 0.2) is 35.3 Å². The molecule has 1 aromatic heterocycles. The summed E-state index contributed by atoms with van der Waals surface area (Å²) in [6.45, 7) is 0.386. The Balaban J connectivity index is 2.13. The van der Waals surface area contributed by atoms with Gasteiger partial charge in [-0.1, -0.05) is 12.1 Å². The lowest BCUT2D eigenvalue weighted by atomic mass is 10.1. The smallest absolute Gasteiger partial charge is 0.247 e. The van der Waals surface area contributed by atoms with E-state index in [0.717, 1.165) is 17.7 Å². The Morgan fingerprint density at radius 3 is 2.29 bits per heavy atom. The number of aromatic nitrogens is 3. The summed E-state index contributed by atoms with van der Waals surface area (Å²) in [5, 5.41) is 3.98. The largest absolute Gasteiger partial charge is 0.416 e. The third-order valence-electron chi connectivity index (χ3n) is 2.13. The van der Waals surface area contributed by atoms with E-state index in [9.17, 15) is 13.2 Å². The highest BCUT2D eigenvalue weighted by Gasteiger charge is 2.29. The Hall–Kier alpha value is -1.37. The van der Waals surface area contributed by atoms with E-state index in [0.29, 0.717) is 11.3 Å². The molecule has 2 aromatic rings. The predicted octanol–water partition coefficient (Wildman–Crippen LogP) is 3.11. The number of alkyl halides is 3. The summed E-state index contributed by atoms with van der Waals surface area (Å²) in [6, 6.07) is 4.97. The van der Waals surface area contributed by atoms with Crippen LogP contribution in [-0.4, -0.2) is 14.8 Å². The molecule has 0 spiro atoms. The highest BCUT2D eigenvalue weighted by Crippen LogP contribution is 2.29. The van der Waals surface area contributed by atoms with Gasteiger partial charge in [0.2, 0.25) is 4.73 Å². The van der Waals surface area contributed by atoms with Crippen LogP contribution in [0, 0.1) is 0 Å². The molecule has 0 aliphatic rings. The second-order valence-corrected chi connectivity index (χ2v) is 4.12. The molecule has 2 rings (SSSR count). The molecule has 3 nitrogen and oxygen atoms in total. The third kappa shape index (κ3) is 3.06. The zero-order valence-electron chi connectivity index (χ0n) is 8.45. The molecular weight excluding hydrogens is 299 g/mol. The van der Waals surface area contributed by atoms with Crippen LogP contribution < -0.4 is 0 Å². The average molecular weight is 306 g/mol. The summed E-state index contributed by atoms with van der Waals surface area (Å²) in [5.74, 6) is 0. The Kier molecular flexibility index (Phi) is 3.19. The standard InChI is InChI=1S/C10H7BrF3N3/c11-9-15-6-17(16-9)5-7-1-3-8(4-2-7)10(12,13)14/h1-4,6H,5H2. The first-order valence-electron chi connectivity index (χ1n) is 4.66. The van der Waals surface area contributed by atoms with Crippen LogP contribution in [0.4, 0.5) is 13.2 Å². The highest BCUT2D eigenvalue weighted by molar-refractivity contribution is 9.10. The van der Waals surface area contributed by atoms with Gasteiger partial charge in [0.1, 0.15) is 6.33 Å². The van der Waals surface area contributed by atoms with E-state index in [1.54, 1.807) is 0 Å². The number of nitrogens with zero attached hydrogens (tertiary/aromatic N) is 3. The molecule has 0 aliphatic carbocycles. The van der Waals surface area contributed by atoms with Crippen LogP contribution in [0.1, 0.15) is 11.1 Å². The van der Waals surface area contributed by atoms with Gasteiger partial charge in [-0.05, 0) is 33.6 Å². The third-order valence-corrected chi connectivity index (χ3v) is 2.50. The lowest BCUT2D eigenvalue weighted by Crippen LogP contribution is -2.05. The molecule has 0 saturated heterocycles. The first kappa shape index (κ1) is 12.1. The van der Waals surface area contributed by atoms with Crippen molar-refractivity contribution in [3.8, 4) is 0 Å². The Labute approximate surface area is 103 Å². The van der Waals surface area contributed by atoms with Gasteiger partial charge in [-0.25, -0.2) is 9.67 Å². The second kappa shape index (κ2) is 4.48. The molecule has 0 fully saturated rings. The van der Waals surface area contributed by atoms with Gasteiger partial charge in [0.15, 0.2) is 0 Å². The van der Waals surface area contributed by atoms with Crippen molar-refractivity contribution in [1.29, 1.82) is 0 Å². The van der Waals surface area contributed by atoms with Crippen molar-refractivity contribution in [1.82, 2.24) is 14.8 Å². The van der Waals surface area contributed by atoms with E-state index < -0.39 is 11.7 Å². The fourth-order valence-electron chi connectivity index (χ4n) is 1.33.